The quantitative estimate of drug-likeness (QED) is 0.678. The maximum absolute atomic E-state index is 12.0. The molecule has 3 nitrogen and oxygen atoms in total. The van der Waals surface area contributed by atoms with Crippen molar-refractivity contribution in [2.45, 2.75) is 38.1 Å². The summed E-state index contributed by atoms with van der Waals surface area (Å²) in [7, 11) is 0. The number of hydrogen-bond donors (Lipinski definition) is 0. The smallest absolute Gasteiger partial charge is 0.225 e. The summed E-state index contributed by atoms with van der Waals surface area (Å²) in [4.78, 5) is 16.6. The lowest BCUT2D eigenvalue weighted by molar-refractivity contribution is -0.140. The van der Waals surface area contributed by atoms with Gasteiger partial charge in [0.15, 0.2) is 0 Å². The number of carbonyl (C=O) groups excluding carboxylic acids is 1. The predicted molar refractivity (Wildman–Crippen MR) is 58.5 cm³/mol. The average Bonchev–Trinajstić information content (AvgIpc) is 2.98. The van der Waals surface area contributed by atoms with Crippen LogP contribution in [0.4, 0.5) is 0 Å². The molecule has 3 aliphatic rings. The molecule has 2 saturated carbocycles. The zero-order valence-corrected chi connectivity index (χ0v) is 9.32. The van der Waals surface area contributed by atoms with Gasteiger partial charge in [-0.2, -0.15) is 0 Å². The molecule has 0 radical (unpaired) electrons. The van der Waals surface area contributed by atoms with Gasteiger partial charge in [0.1, 0.15) is 0 Å². The Morgan fingerprint density at radius 3 is 2.07 bits per heavy atom. The number of piperazine rings is 1. The molecule has 3 fully saturated rings. The minimum absolute atomic E-state index is 0.387. The highest BCUT2D eigenvalue weighted by molar-refractivity contribution is 5.79. The molecule has 0 bridgehead atoms. The normalized spacial score (nSPS) is 28.9. The van der Waals surface area contributed by atoms with E-state index in [1.807, 2.05) is 0 Å². The van der Waals surface area contributed by atoms with Crippen LogP contribution in [0.2, 0.25) is 0 Å². The summed E-state index contributed by atoms with van der Waals surface area (Å²) in [6.45, 7) is 4.18. The molecule has 1 amide bonds. The molecule has 0 aromatic carbocycles. The van der Waals surface area contributed by atoms with E-state index < -0.39 is 0 Å². The first-order valence-corrected chi connectivity index (χ1v) is 6.37. The van der Waals surface area contributed by atoms with E-state index in [2.05, 4.69) is 9.80 Å². The number of hydrogen-bond acceptors (Lipinski definition) is 2. The van der Waals surface area contributed by atoms with Crippen LogP contribution in [0.25, 0.3) is 0 Å². The van der Waals surface area contributed by atoms with Crippen molar-refractivity contribution >= 4 is 5.91 Å². The van der Waals surface area contributed by atoms with Gasteiger partial charge in [0.05, 0.1) is 0 Å². The van der Waals surface area contributed by atoms with E-state index >= 15 is 0 Å². The van der Waals surface area contributed by atoms with E-state index in [0.717, 1.165) is 45.1 Å². The highest BCUT2D eigenvalue weighted by Crippen LogP contribution is 2.30. The summed E-state index contributed by atoms with van der Waals surface area (Å²) in [6.07, 6.45) is 6.31. The van der Waals surface area contributed by atoms with E-state index in [-0.39, 0.29) is 0 Å². The molecule has 1 aliphatic heterocycles. The van der Waals surface area contributed by atoms with Gasteiger partial charge in [-0.05, 0) is 25.7 Å². The lowest BCUT2D eigenvalue weighted by Gasteiger charge is -2.38. The Morgan fingerprint density at radius 2 is 1.60 bits per heavy atom. The third-order valence-electron chi connectivity index (χ3n) is 4.14. The summed E-state index contributed by atoms with van der Waals surface area (Å²) >= 11 is 0. The summed E-state index contributed by atoms with van der Waals surface area (Å²) in [6, 6.07) is 0.867. The highest BCUT2D eigenvalue weighted by atomic mass is 16.2. The molecule has 1 heterocycles. The van der Waals surface area contributed by atoms with E-state index in [1.165, 1.54) is 19.3 Å². The second kappa shape index (κ2) is 3.78. The Kier molecular flexibility index (Phi) is 2.43. The maximum Gasteiger partial charge on any atom is 0.225 e. The van der Waals surface area contributed by atoms with Crippen LogP contribution in [-0.4, -0.2) is 47.9 Å². The highest BCUT2D eigenvalue weighted by Gasteiger charge is 2.35. The molecule has 0 N–H and O–H groups in total. The Labute approximate surface area is 91.4 Å². The van der Waals surface area contributed by atoms with Crippen molar-refractivity contribution in [2.24, 2.45) is 5.92 Å². The van der Waals surface area contributed by atoms with Crippen LogP contribution in [-0.2, 0) is 4.79 Å². The van der Waals surface area contributed by atoms with Crippen molar-refractivity contribution in [3.05, 3.63) is 0 Å². The minimum Gasteiger partial charge on any atom is -0.340 e. The van der Waals surface area contributed by atoms with E-state index in [0.29, 0.717) is 11.8 Å². The second-order valence-corrected chi connectivity index (χ2v) is 5.22. The lowest BCUT2D eigenvalue weighted by atomic mass is 9.84. The number of carbonyl (C=O) groups is 1. The predicted octanol–water partition coefficient (Wildman–Crippen LogP) is 1.09. The van der Waals surface area contributed by atoms with E-state index in [1.54, 1.807) is 0 Å². The third-order valence-corrected chi connectivity index (χ3v) is 4.14. The average molecular weight is 208 g/mol. The molecule has 3 rings (SSSR count). The Balaban J connectivity index is 1.49. The summed E-state index contributed by atoms with van der Waals surface area (Å²) in [5.74, 6) is 0.828. The number of nitrogens with zero attached hydrogens (tertiary/aromatic N) is 2. The fourth-order valence-electron chi connectivity index (χ4n) is 2.66. The zero-order chi connectivity index (χ0) is 10.3. The molecule has 84 valence electrons. The molecule has 3 heteroatoms. The van der Waals surface area contributed by atoms with Gasteiger partial charge in [-0.1, -0.05) is 6.42 Å². The van der Waals surface area contributed by atoms with Crippen LogP contribution in [0.1, 0.15) is 32.1 Å². The SMILES string of the molecule is O=C(C1CCC1)N1CCN(C2CC2)CC1. The molecule has 0 aromatic heterocycles. The van der Waals surface area contributed by atoms with Gasteiger partial charge in [-0.25, -0.2) is 0 Å². The first-order chi connectivity index (χ1) is 7.34. The van der Waals surface area contributed by atoms with Gasteiger partial charge < -0.3 is 4.90 Å². The molecular weight excluding hydrogens is 188 g/mol. The van der Waals surface area contributed by atoms with Crippen LogP contribution in [0.5, 0.6) is 0 Å². The van der Waals surface area contributed by atoms with Gasteiger partial charge in [-0.15, -0.1) is 0 Å². The lowest BCUT2D eigenvalue weighted by Crippen LogP contribution is -2.51. The van der Waals surface area contributed by atoms with Crippen molar-refractivity contribution in [3.63, 3.8) is 0 Å². The topological polar surface area (TPSA) is 23.6 Å². The maximum atomic E-state index is 12.0. The largest absolute Gasteiger partial charge is 0.340 e. The van der Waals surface area contributed by atoms with Crippen molar-refractivity contribution in [1.82, 2.24) is 9.80 Å². The van der Waals surface area contributed by atoms with Crippen molar-refractivity contribution in [2.75, 3.05) is 26.2 Å². The minimum atomic E-state index is 0.387. The molecule has 0 atom stereocenters. The third kappa shape index (κ3) is 1.89. The zero-order valence-electron chi connectivity index (χ0n) is 9.32. The van der Waals surface area contributed by atoms with Crippen LogP contribution >= 0.6 is 0 Å². The first kappa shape index (κ1) is 9.64. The molecule has 1 saturated heterocycles. The van der Waals surface area contributed by atoms with Gasteiger partial charge >= 0.3 is 0 Å². The second-order valence-electron chi connectivity index (χ2n) is 5.22. The van der Waals surface area contributed by atoms with Crippen molar-refractivity contribution in [3.8, 4) is 0 Å². The fourth-order valence-corrected chi connectivity index (χ4v) is 2.66. The fraction of sp³-hybridized carbons (Fsp3) is 0.917. The number of amides is 1. The van der Waals surface area contributed by atoms with Crippen molar-refractivity contribution in [1.29, 1.82) is 0 Å². The van der Waals surface area contributed by atoms with Gasteiger partial charge in [0.2, 0.25) is 5.91 Å². The molecular formula is C12H20N2O. The van der Waals surface area contributed by atoms with Gasteiger partial charge in [0, 0.05) is 38.1 Å². The van der Waals surface area contributed by atoms with Crippen molar-refractivity contribution < 1.29 is 4.79 Å². The Morgan fingerprint density at radius 1 is 0.933 bits per heavy atom. The molecule has 0 aromatic rings. The molecule has 0 unspecified atom stereocenters. The van der Waals surface area contributed by atoms with Crippen LogP contribution < -0.4 is 0 Å². The van der Waals surface area contributed by atoms with Crippen LogP contribution in [0, 0.1) is 5.92 Å². The summed E-state index contributed by atoms with van der Waals surface area (Å²) in [5.41, 5.74) is 0. The molecule has 15 heavy (non-hydrogen) atoms. The summed E-state index contributed by atoms with van der Waals surface area (Å²) < 4.78 is 0. The van der Waals surface area contributed by atoms with Gasteiger partial charge in [0.25, 0.3) is 0 Å². The summed E-state index contributed by atoms with van der Waals surface area (Å²) in [5, 5.41) is 0. The van der Waals surface area contributed by atoms with E-state index in [4.69, 9.17) is 0 Å². The Hall–Kier alpha value is -0.570. The standard InChI is InChI=1S/C12H20N2O/c15-12(10-2-1-3-10)14-8-6-13(7-9-14)11-4-5-11/h10-11H,1-9H2. The van der Waals surface area contributed by atoms with Crippen LogP contribution in [0.15, 0.2) is 0 Å². The molecule has 0 spiro atoms. The molecule has 2 aliphatic carbocycles. The van der Waals surface area contributed by atoms with Crippen LogP contribution in [0.3, 0.4) is 0 Å². The first-order valence-electron chi connectivity index (χ1n) is 6.37. The van der Waals surface area contributed by atoms with Gasteiger partial charge in [-0.3, -0.25) is 9.69 Å². The van der Waals surface area contributed by atoms with E-state index in [9.17, 15) is 4.79 Å². The number of rotatable bonds is 2. The monoisotopic (exact) mass is 208 g/mol. The Bertz CT molecular complexity index is 250.